The van der Waals surface area contributed by atoms with E-state index in [4.69, 9.17) is 5.11 Å². The van der Waals surface area contributed by atoms with Gasteiger partial charge >= 0.3 is 12.0 Å². The van der Waals surface area contributed by atoms with Gasteiger partial charge in [0.25, 0.3) is 0 Å². The van der Waals surface area contributed by atoms with Gasteiger partial charge in [-0.25, -0.2) is 4.79 Å². The van der Waals surface area contributed by atoms with E-state index >= 15 is 0 Å². The summed E-state index contributed by atoms with van der Waals surface area (Å²) in [6.07, 6.45) is 1.85. The summed E-state index contributed by atoms with van der Waals surface area (Å²) in [6, 6.07) is -0.153. The number of carbonyl (C=O) groups excluding carboxylic acids is 2. The standard InChI is InChI=1S/C17H30N4O4/c1-5-20(10-15(23)24)13-6-11(7-13)18-16(25)19-12-8-14(22)21(9-12)17(2,3)4/h11-13H,5-10H2,1-4H3,(H,23,24)(H2,18,19,25). The molecule has 142 valence electrons. The fourth-order valence-corrected chi connectivity index (χ4v) is 3.54. The number of nitrogens with zero attached hydrogens (tertiary/aromatic N) is 2. The van der Waals surface area contributed by atoms with Gasteiger partial charge in [0.05, 0.1) is 12.6 Å². The molecule has 2 fully saturated rings. The third-order valence-electron chi connectivity index (χ3n) is 4.98. The average molecular weight is 354 g/mol. The third kappa shape index (κ3) is 5.07. The second kappa shape index (κ2) is 7.59. The summed E-state index contributed by atoms with van der Waals surface area (Å²) < 4.78 is 0. The minimum Gasteiger partial charge on any atom is -0.480 e. The molecule has 1 saturated heterocycles. The summed E-state index contributed by atoms with van der Waals surface area (Å²) in [5.74, 6) is -0.765. The van der Waals surface area contributed by atoms with Crippen LogP contribution in [0.1, 0.15) is 47.0 Å². The van der Waals surface area contributed by atoms with Gasteiger partial charge in [-0.1, -0.05) is 6.92 Å². The predicted molar refractivity (Wildman–Crippen MR) is 93.2 cm³/mol. The maximum absolute atomic E-state index is 12.1. The van der Waals surface area contributed by atoms with Crippen LogP contribution in [0.3, 0.4) is 0 Å². The van der Waals surface area contributed by atoms with Crippen molar-refractivity contribution >= 4 is 17.9 Å². The van der Waals surface area contributed by atoms with Crippen LogP contribution in [-0.4, -0.2) is 76.1 Å². The zero-order chi connectivity index (χ0) is 18.8. The Kier molecular flexibility index (Phi) is 5.92. The van der Waals surface area contributed by atoms with Crippen molar-refractivity contribution < 1.29 is 19.5 Å². The molecule has 3 amide bonds. The summed E-state index contributed by atoms with van der Waals surface area (Å²) in [4.78, 5) is 38.7. The fraction of sp³-hybridized carbons (Fsp3) is 0.824. The Balaban J connectivity index is 1.72. The molecular formula is C17H30N4O4. The molecule has 0 bridgehead atoms. The van der Waals surface area contributed by atoms with E-state index in [0.717, 1.165) is 12.8 Å². The van der Waals surface area contributed by atoms with Crippen molar-refractivity contribution in [2.75, 3.05) is 19.6 Å². The molecule has 25 heavy (non-hydrogen) atoms. The second-order valence-electron chi connectivity index (χ2n) is 7.97. The van der Waals surface area contributed by atoms with E-state index in [1.54, 1.807) is 4.90 Å². The number of hydrogen-bond acceptors (Lipinski definition) is 4. The van der Waals surface area contributed by atoms with Crippen molar-refractivity contribution in [3.8, 4) is 0 Å². The molecule has 0 aromatic carbocycles. The number of urea groups is 1. The number of carbonyl (C=O) groups is 3. The first kappa shape index (κ1) is 19.5. The number of nitrogens with one attached hydrogen (secondary N) is 2. The number of aliphatic carboxylic acids is 1. The van der Waals surface area contributed by atoms with E-state index in [1.165, 1.54) is 0 Å². The van der Waals surface area contributed by atoms with Crippen molar-refractivity contribution in [2.24, 2.45) is 0 Å². The van der Waals surface area contributed by atoms with E-state index in [0.29, 0.717) is 19.5 Å². The molecule has 0 radical (unpaired) electrons. The van der Waals surface area contributed by atoms with Crippen molar-refractivity contribution in [3.63, 3.8) is 0 Å². The molecule has 0 aromatic rings. The van der Waals surface area contributed by atoms with Crippen LogP contribution >= 0.6 is 0 Å². The smallest absolute Gasteiger partial charge is 0.317 e. The minimum absolute atomic E-state index is 0.0346. The van der Waals surface area contributed by atoms with Crippen molar-refractivity contribution in [3.05, 3.63) is 0 Å². The molecule has 1 heterocycles. The van der Waals surface area contributed by atoms with Gasteiger partial charge in [0, 0.05) is 30.6 Å². The molecule has 0 spiro atoms. The van der Waals surface area contributed by atoms with Crippen LogP contribution in [0.4, 0.5) is 4.79 Å². The number of likely N-dealkylation sites (N-methyl/N-ethyl adjacent to an activating group) is 1. The van der Waals surface area contributed by atoms with Crippen LogP contribution in [0.15, 0.2) is 0 Å². The number of carboxylic acids is 1. The van der Waals surface area contributed by atoms with Crippen LogP contribution in [0, 0.1) is 0 Å². The minimum atomic E-state index is -0.828. The van der Waals surface area contributed by atoms with Crippen molar-refractivity contribution in [2.45, 2.75) is 70.6 Å². The maximum Gasteiger partial charge on any atom is 0.317 e. The normalized spacial score (nSPS) is 26.5. The third-order valence-corrected chi connectivity index (χ3v) is 4.98. The lowest BCUT2D eigenvalue weighted by Crippen LogP contribution is -2.57. The lowest BCUT2D eigenvalue weighted by Gasteiger charge is -2.42. The molecule has 8 heteroatoms. The first-order chi connectivity index (χ1) is 11.6. The van der Waals surface area contributed by atoms with Gasteiger partial charge in [-0.3, -0.25) is 14.5 Å². The van der Waals surface area contributed by atoms with Gasteiger partial charge < -0.3 is 20.6 Å². The number of carboxylic acid groups (broad SMARTS) is 1. The second-order valence-corrected chi connectivity index (χ2v) is 7.97. The molecule has 0 aromatic heterocycles. The van der Waals surface area contributed by atoms with Crippen LogP contribution in [0.5, 0.6) is 0 Å². The Morgan fingerprint density at radius 3 is 2.32 bits per heavy atom. The SMILES string of the molecule is CCN(CC(=O)O)C1CC(NC(=O)NC2CC(=O)N(C(C)(C)C)C2)C1. The van der Waals surface area contributed by atoms with Gasteiger partial charge in [-0.05, 0) is 40.2 Å². The summed E-state index contributed by atoms with van der Waals surface area (Å²) in [5, 5.41) is 14.7. The summed E-state index contributed by atoms with van der Waals surface area (Å²) in [6.45, 7) is 9.14. The average Bonchev–Trinajstić information content (AvgIpc) is 2.80. The Bertz CT molecular complexity index is 525. The highest BCUT2D eigenvalue weighted by Crippen LogP contribution is 2.26. The molecular weight excluding hydrogens is 324 g/mol. The molecule has 1 unspecified atom stereocenters. The Hall–Kier alpha value is -1.83. The van der Waals surface area contributed by atoms with Gasteiger partial charge in [0.2, 0.25) is 5.91 Å². The lowest BCUT2D eigenvalue weighted by molar-refractivity contribution is -0.139. The number of hydrogen-bond donors (Lipinski definition) is 3. The Labute approximate surface area is 148 Å². The Morgan fingerprint density at radius 2 is 1.84 bits per heavy atom. The van der Waals surface area contributed by atoms with Crippen molar-refractivity contribution in [1.82, 2.24) is 20.4 Å². The molecule has 8 nitrogen and oxygen atoms in total. The first-order valence-electron chi connectivity index (χ1n) is 8.93. The van der Waals surface area contributed by atoms with E-state index in [1.807, 2.05) is 32.6 Å². The van der Waals surface area contributed by atoms with Crippen molar-refractivity contribution in [1.29, 1.82) is 0 Å². The zero-order valence-corrected chi connectivity index (χ0v) is 15.5. The van der Waals surface area contributed by atoms with Crippen LogP contribution in [0.2, 0.25) is 0 Å². The fourth-order valence-electron chi connectivity index (χ4n) is 3.54. The Morgan fingerprint density at radius 1 is 1.24 bits per heavy atom. The highest BCUT2D eigenvalue weighted by Gasteiger charge is 2.38. The zero-order valence-electron chi connectivity index (χ0n) is 15.5. The molecule has 1 saturated carbocycles. The van der Waals surface area contributed by atoms with E-state index in [-0.39, 0.29) is 42.1 Å². The van der Waals surface area contributed by atoms with Gasteiger partial charge in [-0.15, -0.1) is 0 Å². The summed E-state index contributed by atoms with van der Waals surface area (Å²) >= 11 is 0. The van der Waals surface area contributed by atoms with Gasteiger partial charge in [0.1, 0.15) is 0 Å². The highest BCUT2D eigenvalue weighted by molar-refractivity contribution is 5.82. The monoisotopic (exact) mass is 354 g/mol. The number of rotatable bonds is 6. The molecule has 1 atom stereocenters. The summed E-state index contributed by atoms with van der Waals surface area (Å²) in [7, 11) is 0. The van der Waals surface area contributed by atoms with Crippen LogP contribution < -0.4 is 10.6 Å². The van der Waals surface area contributed by atoms with Crippen LogP contribution in [0.25, 0.3) is 0 Å². The van der Waals surface area contributed by atoms with Gasteiger partial charge in [0.15, 0.2) is 0 Å². The van der Waals surface area contributed by atoms with E-state index < -0.39 is 5.97 Å². The quantitative estimate of drug-likeness (QED) is 0.649. The van der Waals surface area contributed by atoms with E-state index in [9.17, 15) is 14.4 Å². The van der Waals surface area contributed by atoms with Crippen LogP contribution in [-0.2, 0) is 9.59 Å². The molecule has 2 rings (SSSR count). The molecule has 2 aliphatic rings. The molecule has 1 aliphatic carbocycles. The predicted octanol–water partition coefficient (Wildman–Crippen LogP) is 0.623. The summed E-state index contributed by atoms with van der Waals surface area (Å²) in [5.41, 5.74) is -0.237. The number of likely N-dealkylation sites (tertiary alicyclic amines) is 1. The largest absolute Gasteiger partial charge is 0.480 e. The topological polar surface area (TPSA) is 102 Å². The van der Waals surface area contributed by atoms with Gasteiger partial charge in [-0.2, -0.15) is 0 Å². The molecule has 3 N–H and O–H groups in total. The first-order valence-corrected chi connectivity index (χ1v) is 8.93. The highest BCUT2D eigenvalue weighted by atomic mass is 16.4. The van der Waals surface area contributed by atoms with E-state index in [2.05, 4.69) is 10.6 Å². The lowest BCUT2D eigenvalue weighted by atomic mass is 9.85. The number of amides is 3. The molecule has 1 aliphatic heterocycles. The maximum atomic E-state index is 12.1.